The number of hydrogen-bond donors (Lipinski definition) is 1. The lowest BCUT2D eigenvalue weighted by Crippen LogP contribution is -1.92. The second-order valence-corrected chi connectivity index (χ2v) is 3.31. The number of pyridine rings is 1. The van der Waals surface area contributed by atoms with Crippen LogP contribution in [0, 0.1) is 11.3 Å². The second-order valence-electron chi connectivity index (χ2n) is 3.31. The number of rotatable bonds is 3. The average Bonchev–Trinajstić information content (AvgIpc) is 2.41. The number of benzene rings is 1. The van der Waals surface area contributed by atoms with E-state index in [0.717, 1.165) is 11.4 Å². The van der Waals surface area contributed by atoms with Gasteiger partial charge in [0.15, 0.2) is 0 Å². The predicted molar refractivity (Wildman–Crippen MR) is 66.6 cm³/mol. The van der Waals surface area contributed by atoms with E-state index >= 15 is 0 Å². The van der Waals surface area contributed by atoms with E-state index in [0.29, 0.717) is 5.56 Å². The zero-order valence-electron chi connectivity index (χ0n) is 9.04. The highest BCUT2D eigenvalue weighted by atomic mass is 15.3. The molecule has 17 heavy (non-hydrogen) atoms. The van der Waals surface area contributed by atoms with Crippen LogP contribution in [0.25, 0.3) is 0 Å². The third kappa shape index (κ3) is 3.14. The number of aromatic nitrogens is 1. The number of anilines is 1. The summed E-state index contributed by atoms with van der Waals surface area (Å²) in [4.78, 5) is 4.10. The Morgan fingerprint density at radius 1 is 1.18 bits per heavy atom. The van der Waals surface area contributed by atoms with E-state index in [-0.39, 0.29) is 0 Å². The van der Waals surface area contributed by atoms with E-state index in [1.165, 1.54) is 0 Å². The lowest BCUT2D eigenvalue weighted by molar-refractivity contribution is 1.28. The molecule has 1 N–H and O–H groups in total. The van der Waals surface area contributed by atoms with Crippen LogP contribution in [0.4, 0.5) is 5.69 Å². The van der Waals surface area contributed by atoms with Gasteiger partial charge in [-0.3, -0.25) is 10.4 Å². The van der Waals surface area contributed by atoms with E-state index in [4.69, 9.17) is 5.26 Å². The number of hydrazone groups is 1. The molecular formula is C13H10N4. The van der Waals surface area contributed by atoms with Crippen molar-refractivity contribution >= 4 is 11.9 Å². The van der Waals surface area contributed by atoms with Gasteiger partial charge in [0.2, 0.25) is 0 Å². The first kappa shape index (κ1) is 10.8. The summed E-state index contributed by atoms with van der Waals surface area (Å²) in [6.07, 6.45) is 3.35. The van der Waals surface area contributed by atoms with Gasteiger partial charge in [-0.2, -0.15) is 10.4 Å². The molecule has 0 saturated carbocycles. The number of nitrogens with one attached hydrogen (secondary N) is 1. The van der Waals surface area contributed by atoms with Gasteiger partial charge in [0, 0.05) is 6.20 Å². The van der Waals surface area contributed by atoms with Crippen LogP contribution in [0.3, 0.4) is 0 Å². The zero-order valence-corrected chi connectivity index (χ0v) is 9.04. The fourth-order valence-electron chi connectivity index (χ4n) is 1.24. The average molecular weight is 222 g/mol. The van der Waals surface area contributed by atoms with E-state index in [1.807, 2.05) is 18.2 Å². The van der Waals surface area contributed by atoms with Crippen LogP contribution in [-0.2, 0) is 0 Å². The summed E-state index contributed by atoms with van der Waals surface area (Å²) in [6, 6.07) is 14.7. The second kappa shape index (κ2) is 5.42. The molecule has 0 amide bonds. The van der Waals surface area contributed by atoms with Gasteiger partial charge in [0.1, 0.15) is 0 Å². The maximum atomic E-state index is 8.64. The molecule has 0 bridgehead atoms. The monoisotopic (exact) mass is 222 g/mol. The normalized spacial score (nSPS) is 10.1. The third-order valence-corrected chi connectivity index (χ3v) is 2.09. The van der Waals surface area contributed by atoms with Crippen molar-refractivity contribution in [3.05, 3.63) is 59.9 Å². The van der Waals surface area contributed by atoms with Crippen molar-refractivity contribution in [2.75, 3.05) is 5.43 Å². The fraction of sp³-hybridized carbons (Fsp3) is 0. The molecule has 0 spiro atoms. The van der Waals surface area contributed by atoms with Crippen LogP contribution in [0.5, 0.6) is 0 Å². The van der Waals surface area contributed by atoms with E-state index < -0.39 is 0 Å². The number of hydrogen-bond acceptors (Lipinski definition) is 4. The van der Waals surface area contributed by atoms with E-state index in [9.17, 15) is 0 Å². The molecule has 1 aromatic heterocycles. The zero-order chi connectivity index (χ0) is 11.9. The molecule has 2 aromatic rings. The molecule has 0 fully saturated rings. The van der Waals surface area contributed by atoms with Gasteiger partial charge >= 0.3 is 0 Å². The summed E-state index contributed by atoms with van der Waals surface area (Å²) in [5.41, 5.74) is 5.11. The summed E-state index contributed by atoms with van der Waals surface area (Å²) in [5, 5.41) is 12.7. The molecule has 0 aliphatic rings. The summed E-state index contributed by atoms with van der Waals surface area (Å²) in [6.45, 7) is 0. The van der Waals surface area contributed by atoms with Gasteiger partial charge in [-0.15, -0.1) is 0 Å². The Balaban J connectivity index is 1.98. The Hall–Kier alpha value is -2.67. The predicted octanol–water partition coefficient (Wildman–Crippen LogP) is 2.40. The van der Waals surface area contributed by atoms with Crippen molar-refractivity contribution in [2.24, 2.45) is 5.10 Å². The van der Waals surface area contributed by atoms with Crippen molar-refractivity contribution in [1.29, 1.82) is 5.26 Å². The molecule has 82 valence electrons. The van der Waals surface area contributed by atoms with E-state index in [2.05, 4.69) is 21.6 Å². The fourth-order valence-corrected chi connectivity index (χ4v) is 1.24. The Labute approximate surface area is 99.2 Å². The topological polar surface area (TPSA) is 61.1 Å². The Bertz CT molecular complexity index is 538. The molecular weight excluding hydrogens is 212 g/mol. The molecule has 0 unspecified atom stereocenters. The van der Waals surface area contributed by atoms with Crippen LogP contribution >= 0.6 is 0 Å². The van der Waals surface area contributed by atoms with Gasteiger partial charge in [0.25, 0.3) is 0 Å². The molecule has 0 radical (unpaired) electrons. The summed E-state index contributed by atoms with van der Waals surface area (Å²) < 4.78 is 0. The van der Waals surface area contributed by atoms with Crippen LogP contribution in [0.2, 0.25) is 0 Å². The molecule has 0 aliphatic carbocycles. The molecule has 0 atom stereocenters. The standard InChI is InChI=1S/C13H10N4/c14-9-11-4-6-12(7-5-11)17-16-10-13-3-1-2-8-15-13/h1-8,10,17H/b16-10+. The summed E-state index contributed by atoms with van der Waals surface area (Å²) in [5.74, 6) is 0. The van der Waals surface area contributed by atoms with Gasteiger partial charge in [-0.05, 0) is 36.4 Å². The van der Waals surface area contributed by atoms with Crippen molar-refractivity contribution in [1.82, 2.24) is 4.98 Å². The quantitative estimate of drug-likeness (QED) is 0.640. The minimum Gasteiger partial charge on any atom is -0.278 e. The maximum Gasteiger partial charge on any atom is 0.0991 e. The lowest BCUT2D eigenvalue weighted by Gasteiger charge is -1.98. The Morgan fingerprint density at radius 2 is 2.00 bits per heavy atom. The molecule has 1 aromatic carbocycles. The Kier molecular flexibility index (Phi) is 3.46. The highest BCUT2D eigenvalue weighted by Gasteiger charge is 1.91. The minimum absolute atomic E-state index is 0.629. The lowest BCUT2D eigenvalue weighted by atomic mass is 10.2. The molecule has 4 heteroatoms. The van der Waals surface area contributed by atoms with Crippen molar-refractivity contribution in [2.45, 2.75) is 0 Å². The summed E-state index contributed by atoms with van der Waals surface area (Å²) >= 11 is 0. The molecule has 2 rings (SSSR count). The molecule has 4 nitrogen and oxygen atoms in total. The van der Waals surface area contributed by atoms with Crippen LogP contribution in [-0.4, -0.2) is 11.2 Å². The SMILES string of the molecule is N#Cc1ccc(N/N=C/c2ccccn2)cc1. The first-order valence-corrected chi connectivity index (χ1v) is 5.09. The molecule has 0 aliphatic heterocycles. The van der Waals surface area contributed by atoms with Crippen molar-refractivity contribution in [3.8, 4) is 6.07 Å². The van der Waals surface area contributed by atoms with Gasteiger partial charge in [-0.1, -0.05) is 6.07 Å². The Morgan fingerprint density at radius 3 is 2.65 bits per heavy atom. The smallest absolute Gasteiger partial charge is 0.0991 e. The summed E-state index contributed by atoms with van der Waals surface area (Å²) in [7, 11) is 0. The van der Waals surface area contributed by atoms with Crippen molar-refractivity contribution < 1.29 is 0 Å². The molecule has 1 heterocycles. The van der Waals surface area contributed by atoms with Crippen LogP contribution in [0.15, 0.2) is 53.8 Å². The van der Waals surface area contributed by atoms with Gasteiger partial charge in [-0.25, -0.2) is 0 Å². The first-order chi connectivity index (χ1) is 8.38. The van der Waals surface area contributed by atoms with Crippen LogP contribution in [0.1, 0.15) is 11.3 Å². The van der Waals surface area contributed by atoms with Crippen LogP contribution < -0.4 is 5.43 Å². The number of nitriles is 1. The first-order valence-electron chi connectivity index (χ1n) is 5.09. The van der Waals surface area contributed by atoms with Gasteiger partial charge < -0.3 is 0 Å². The maximum absolute atomic E-state index is 8.64. The van der Waals surface area contributed by atoms with E-state index in [1.54, 1.807) is 36.7 Å². The number of nitrogens with zero attached hydrogens (tertiary/aromatic N) is 3. The van der Waals surface area contributed by atoms with Gasteiger partial charge in [0.05, 0.1) is 29.2 Å². The largest absolute Gasteiger partial charge is 0.278 e. The molecule has 0 saturated heterocycles. The minimum atomic E-state index is 0.629. The highest BCUT2D eigenvalue weighted by Crippen LogP contribution is 2.08. The van der Waals surface area contributed by atoms with Crippen molar-refractivity contribution in [3.63, 3.8) is 0 Å². The highest BCUT2D eigenvalue weighted by molar-refractivity contribution is 5.77. The third-order valence-electron chi connectivity index (χ3n) is 2.09.